The van der Waals surface area contributed by atoms with Gasteiger partial charge in [-0.05, 0) is 74.2 Å². The standard InChI is InChI=1S/C31H30ClN5O4/c32-21-5-6-24(33-16-21)27-9-4-20-2-1-3-23(29(20)41-27)19-10-13-36(14-11-19)18-28-34-25-7-8-26(31(38)39)35-30(25)37(28)17-22-12-15-40-22/h1-9,16,19,22,27H,10-15,17-18H2,(H,38,39). The highest BCUT2D eigenvalue weighted by Gasteiger charge is 2.29. The second kappa shape index (κ2) is 10.9. The number of piperidine rings is 1. The number of pyridine rings is 2. The Balaban J connectivity index is 1.07. The molecule has 2 atom stereocenters. The number of para-hydroxylation sites is 1. The number of rotatable bonds is 7. The average Bonchev–Trinajstić information content (AvgIpc) is 3.31. The van der Waals surface area contributed by atoms with E-state index in [1.807, 2.05) is 18.2 Å². The maximum Gasteiger partial charge on any atom is 0.354 e. The Kier molecular flexibility index (Phi) is 6.94. The topological polar surface area (TPSA) is 103 Å². The monoisotopic (exact) mass is 571 g/mol. The van der Waals surface area contributed by atoms with E-state index in [0.29, 0.717) is 35.2 Å². The highest BCUT2D eigenvalue weighted by atomic mass is 35.5. The molecule has 41 heavy (non-hydrogen) atoms. The molecule has 2 unspecified atom stereocenters. The van der Waals surface area contributed by atoms with Crippen LogP contribution < -0.4 is 4.74 Å². The van der Waals surface area contributed by atoms with Crippen LogP contribution >= 0.6 is 11.6 Å². The summed E-state index contributed by atoms with van der Waals surface area (Å²) in [5.41, 5.74) is 4.51. The number of nitrogens with zero attached hydrogens (tertiary/aromatic N) is 5. The minimum Gasteiger partial charge on any atom is -0.479 e. The Labute approximate surface area is 242 Å². The van der Waals surface area contributed by atoms with Crippen molar-refractivity contribution in [3.8, 4) is 5.75 Å². The smallest absolute Gasteiger partial charge is 0.354 e. The van der Waals surface area contributed by atoms with Crippen LogP contribution in [0.2, 0.25) is 5.02 Å². The van der Waals surface area contributed by atoms with Gasteiger partial charge in [0.05, 0.1) is 29.9 Å². The second-order valence-corrected chi connectivity index (χ2v) is 11.3. The van der Waals surface area contributed by atoms with Crippen LogP contribution in [0.5, 0.6) is 5.75 Å². The highest BCUT2D eigenvalue weighted by Crippen LogP contribution is 2.41. The number of benzene rings is 1. The summed E-state index contributed by atoms with van der Waals surface area (Å²) in [7, 11) is 0. The normalized spacial score (nSPS) is 20.9. The average molecular weight is 572 g/mol. The molecule has 1 aromatic carbocycles. The molecule has 0 saturated carbocycles. The summed E-state index contributed by atoms with van der Waals surface area (Å²) in [6.45, 7) is 3.90. The van der Waals surface area contributed by atoms with Crippen LogP contribution in [0.1, 0.15) is 64.4 Å². The third-order valence-corrected chi connectivity index (χ3v) is 8.50. The van der Waals surface area contributed by atoms with Crippen molar-refractivity contribution in [3.05, 3.63) is 88.1 Å². The Morgan fingerprint density at radius 1 is 1.07 bits per heavy atom. The number of hydrogen-bond donors (Lipinski definition) is 1. The molecule has 3 aliphatic heterocycles. The first kappa shape index (κ1) is 26.1. The molecule has 2 saturated heterocycles. The maximum atomic E-state index is 11.6. The minimum absolute atomic E-state index is 0.0258. The number of aromatic carboxylic acids is 1. The van der Waals surface area contributed by atoms with Gasteiger partial charge in [0.15, 0.2) is 17.4 Å². The van der Waals surface area contributed by atoms with Crippen LogP contribution in [0.25, 0.3) is 17.2 Å². The number of imidazole rings is 1. The van der Waals surface area contributed by atoms with Crippen LogP contribution in [0.3, 0.4) is 0 Å². The molecular formula is C31H30ClN5O4. The van der Waals surface area contributed by atoms with Crippen molar-refractivity contribution in [2.75, 3.05) is 19.7 Å². The van der Waals surface area contributed by atoms with Gasteiger partial charge in [0.25, 0.3) is 0 Å². The fourth-order valence-electron chi connectivity index (χ4n) is 5.95. The molecule has 0 radical (unpaired) electrons. The van der Waals surface area contributed by atoms with Crippen molar-refractivity contribution in [2.24, 2.45) is 0 Å². The van der Waals surface area contributed by atoms with Crippen molar-refractivity contribution in [1.82, 2.24) is 24.4 Å². The lowest BCUT2D eigenvalue weighted by atomic mass is 9.87. The molecule has 2 fully saturated rings. The lowest BCUT2D eigenvalue weighted by Gasteiger charge is -2.34. The number of carboxylic acid groups (broad SMARTS) is 1. The van der Waals surface area contributed by atoms with Gasteiger partial charge in [-0.3, -0.25) is 9.88 Å². The number of ether oxygens (including phenoxy) is 2. The van der Waals surface area contributed by atoms with Gasteiger partial charge in [-0.25, -0.2) is 14.8 Å². The first-order valence-corrected chi connectivity index (χ1v) is 14.4. The Morgan fingerprint density at radius 2 is 1.93 bits per heavy atom. The third kappa shape index (κ3) is 5.21. The van der Waals surface area contributed by atoms with Crippen molar-refractivity contribution in [2.45, 2.75) is 50.5 Å². The van der Waals surface area contributed by atoms with E-state index in [-0.39, 0.29) is 17.9 Å². The number of aromatic nitrogens is 4. The summed E-state index contributed by atoms with van der Waals surface area (Å²) < 4.78 is 14.3. The van der Waals surface area contributed by atoms with Gasteiger partial charge < -0.3 is 19.1 Å². The van der Waals surface area contributed by atoms with E-state index in [1.165, 1.54) is 11.6 Å². The molecule has 6 heterocycles. The zero-order valence-corrected chi connectivity index (χ0v) is 23.2. The third-order valence-electron chi connectivity index (χ3n) is 8.28. The van der Waals surface area contributed by atoms with E-state index in [4.69, 9.17) is 26.1 Å². The zero-order chi connectivity index (χ0) is 27.9. The fourth-order valence-corrected chi connectivity index (χ4v) is 6.06. The van der Waals surface area contributed by atoms with Crippen molar-refractivity contribution >= 4 is 34.8 Å². The number of carboxylic acids is 1. The quantitative estimate of drug-likeness (QED) is 0.310. The van der Waals surface area contributed by atoms with E-state index in [0.717, 1.165) is 61.8 Å². The van der Waals surface area contributed by atoms with Crippen molar-refractivity contribution in [1.29, 1.82) is 0 Å². The van der Waals surface area contributed by atoms with Gasteiger partial charge in [0.2, 0.25) is 0 Å². The van der Waals surface area contributed by atoms with E-state index < -0.39 is 5.97 Å². The number of hydrogen-bond acceptors (Lipinski definition) is 7. The van der Waals surface area contributed by atoms with Gasteiger partial charge in [0.1, 0.15) is 17.1 Å². The summed E-state index contributed by atoms with van der Waals surface area (Å²) in [5, 5.41) is 10.1. The molecular weight excluding hydrogens is 542 g/mol. The predicted octanol–water partition coefficient (Wildman–Crippen LogP) is 5.49. The van der Waals surface area contributed by atoms with Crippen molar-refractivity contribution < 1.29 is 19.4 Å². The Morgan fingerprint density at radius 3 is 2.66 bits per heavy atom. The molecule has 7 rings (SSSR count). The predicted molar refractivity (Wildman–Crippen MR) is 154 cm³/mol. The number of carbonyl (C=O) groups is 1. The molecule has 3 aromatic heterocycles. The summed E-state index contributed by atoms with van der Waals surface area (Å²) in [4.78, 5) is 27.7. The van der Waals surface area contributed by atoms with Crippen LogP contribution in [-0.2, 0) is 17.8 Å². The van der Waals surface area contributed by atoms with Crippen LogP contribution in [0, 0.1) is 0 Å². The minimum atomic E-state index is -1.04. The zero-order valence-electron chi connectivity index (χ0n) is 22.4. The molecule has 1 N–H and O–H groups in total. The van der Waals surface area contributed by atoms with E-state index in [1.54, 1.807) is 12.3 Å². The summed E-state index contributed by atoms with van der Waals surface area (Å²) in [6, 6.07) is 13.4. The molecule has 3 aliphatic rings. The maximum absolute atomic E-state index is 11.6. The van der Waals surface area contributed by atoms with Gasteiger partial charge >= 0.3 is 5.97 Å². The molecule has 210 valence electrons. The SMILES string of the molecule is O=C(O)c1ccc2nc(CN3CCC(c4cccc5c4OC(c4ccc(Cl)cn4)C=C5)CC3)n(CC3CCO3)c2n1. The molecule has 4 aromatic rings. The van der Waals surface area contributed by atoms with Gasteiger partial charge in [-0.2, -0.15) is 0 Å². The second-order valence-electron chi connectivity index (χ2n) is 10.9. The summed E-state index contributed by atoms with van der Waals surface area (Å²) in [5.74, 6) is 1.18. The summed E-state index contributed by atoms with van der Waals surface area (Å²) >= 11 is 6.04. The van der Waals surface area contributed by atoms with Crippen molar-refractivity contribution in [3.63, 3.8) is 0 Å². The Hall–Kier alpha value is -3.79. The number of likely N-dealkylation sites (tertiary alicyclic amines) is 1. The van der Waals surface area contributed by atoms with E-state index in [9.17, 15) is 9.90 Å². The fraction of sp³-hybridized carbons (Fsp3) is 0.355. The van der Waals surface area contributed by atoms with Crippen LogP contribution in [0.15, 0.2) is 54.7 Å². The highest BCUT2D eigenvalue weighted by molar-refractivity contribution is 6.30. The van der Waals surface area contributed by atoms with E-state index in [2.05, 4.69) is 43.7 Å². The number of fused-ring (bicyclic) bond motifs is 2. The lowest BCUT2D eigenvalue weighted by molar-refractivity contribution is -0.0593. The molecule has 0 amide bonds. The van der Waals surface area contributed by atoms with Gasteiger partial charge in [0, 0.05) is 18.4 Å². The molecule has 0 aliphatic carbocycles. The first-order valence-electron chi connectivity index (χ1n) is 14.0. The van der Waals surface area contributed by atoms with Gasteiger partial charge in [-0.1, -0.05) is 35.9 Å². The van der Waals surface area contributed by atoms with Crippen LogP contribution in [-0.4, -0.2) is 61.3 Å². The van der Waals surface area contributed by atoms with E-state index >= 15 is 0 Å². The number of halogens is 1. The van der Waals surface area contributed by atoms with Gasteiger partial charge in [-0.15, -0.1) is 0 Å². The molecule has 10 heteroatoms. The summed E-state index contributed by atoms with van der Waals surface area (Å²) in [6.07, 6.45) is 8.66. The molecule has 0 spiro atoms. The Bertz CT molecular complexity index is 1620. The molecule has 0 bridgehead atoms. The molecule has 9 nitrogen and oxygen atoms in total. The largest absolute Gasteiger partial charge is 0.479 e. The first-order chi connectivity index (χ1) is 20.0. The lowest BCUT2D eigenvalue weighted by Crippen LogP contribution is -2.35. The van der Waals surface area contributed by atoms with Crippen LogP contribution in [0.4, 0.5) is 0 Å².